The maximum Gasteiger partial charge on any atom is 0.170 e. The van der Waals surface area contributed by atoms with Crippen LogP contribution in [0.25, 0.3) is 0 Å². The topological polar surface area (TPSA) is 55.3 Å². The van der Waals surface area contributed by atoms with Crippen LogP contribution in [0, 0.1) is 0 Å². The number of hydrogen-bond donors (Lipinski definition) is 2. The quantitative estimate of drug-likeness (QED) is 0.507. The van der Waals surface area contributed by atoms with E-state index in [1.807, 2.05) is 13.2 Å². The molecular formula is C5H8N6. The number of fused-ring (bicyclic) bond motifs is 1. The molecule has 6 heteroatoms. The van der Waals surface area contributed by atoms with Gasteiger partial charge in [0.1, 0.15) is 12.7 Å². The average molecular weight is 152 g/mol. The largest absolute Gasteiger partial charge is 0.228 e. The molecular weight excluding hydrogens is 144 g/mol. The van der Waals surface area contributed by atoms with Crippen molar-refractivity contribution in [3.8, 4) is 0 Å². The van der Waals surface area contributed by atoms with E-state index in [9.17, 15) is 0 Å². The van der Waals surface area contributed by atoms with Gasteiger partial charge in [0, 0.05) is 7.05 Å². The lowest BCUT2D eigenvalue weighted by Gasteiger charge is -2.18. The standard InChI is InChI=1S/C5H8N6/c1-6-11-2-5-8-3-7-4-10(5)9-11/h2-4,6,9H,1H3. The SMILES string of the molecule is CNN1C=C2N=CN=CN2N1. The molecule has 0 aliphatic carbocycles. The zero-order valence-corrected chi connectivity index (χ0v) is 6.02. The van der Waals surface area contributed by atoms with Crippen LogP contribution in [-0.4, -0.2) is 29.9 Å². The molecule has 0 radical (unpaired) electrons. The number of hydrogen-bond acceptors (Lipinski definition) is 6. The summed E-state index contributed by atoms with van der Waals surface area (Å²) in [5.41, 5.74) is 5.83. The van der Waals surface area contributed by atoms with Crippen LogP contribution in [0.4, 0.5) is 0 Å². The van der Waals surface area contributed by atoms with E-state index in [4.69, 9.17) is 0 Å². The van der Waals surface area contributed by atoms with Crippen LogP contribution in [0.2, 0.25) is 0 Å². The zero-order valence-electron chi connectivity index (χ0n) is 6.02. The molecule has 0 saturated carbocycles. The molecule has 2 rings (SSSR count). The molecule has 0 atom stereocenters. The highest BCUT2D eigenvalue weighted by Crippen LogP contribution is 2.09. The molecule has 2 aliphatic heterocycles. The van der Waals surface area contributed by atoms with Crippen LogP contribution in [0.5, 0.6) is 0 Å². The van der Waals surface area contributed by atoms with Crippen molar-refractivity contribution in [2.75, 3.05) is 7.05 Å². The van der Waals surface area contributed by atoms with Crippen LogP contribution in [-0.2, 0) is 0 Å². The van der Waals surface area contributed by atoms with Crippen molar-refractivity contribution in [3.63, 3.8) is 0 Å². The van der Waals surface area contributed by atoms with Gasteiger partial charge in [0.2, 0.25) is 0 Å². The molecule has 2 heterocycles. The van der Waals surface area contributed by atoms with Crippen LogP contribution in [0.15, 0.2) is 22.0 Å². The molecule has 0 bridgehead atoms. The molecule has 0 amide bonds. The summed E-state index contributed by atoms with van der Waals surface area (Å²) in [6.07, 6.45) is 4.97. The first kappa shape index (κ1) is 6.32. The Kier molecular flexibility index (Phi) is 1.34. The van der Waals surface area contributed by atoms with Gasteiger partial charge >= 0.3 is 0 Å². The maximum atomic E-state index is 4.01. The number of hydrazine groups is 3. The number of nitrogens with zero attached hydrogens (tertiary/aromatic N) is 4. The molecule has 0 spiro atoms. The summed E-state index contributed by atoms with van der Waals surface area (Å²) in [5.74, 6) is 0.814. The van der Waals surface area contributed by atoms with Gasteiger partial charge < -0.3 is 0 Å². The van der Waals surface area contributed by atoms with Crippen molar-refractivity contribution in [1.29, 1.82) is 0 Å². The summed E-state index contributed by atoms with van der Waals surface area (Å²) in [4.78, 5) is 7.85. The second-order valence-corrected chi connectivity index (χ2v) is 2.06. The third-order valence-corrected chi connectivity index (χ3v) is 1.39. The van der Waals surface area contributed by atoms with Crippen LogP contribution >= 0.6 is 0 Å². The van der Waals surface area contributed by atoms with Crippen molar-refractivity contribution in [2.24, 2.45) is 9.98 Å². The highest BCUT2D eigenvalue weighted by Gasteiger charge is 2.18. The molecule has 0 aromatic carbocycles. The van der Waals surface area contributed by atoms with E-state index in [2.05, 4.69) is 20.9 Å². The highest BCUT2D eigenvalue weighted by molar-refractivity contribution is 5.75. The van der Waals surface area contributed by atoms with Crippen molar-refractivity contribution >= 4 is 12.7 Å². The first-order chi connectivity index (χ1) is 5.40. The van der Waals surface area contributed by atoms with E-state index in [0.717, 1.165) is 5.82 Å². The van der Waals surface area contributed by atoms with E-state index >= 15 is 0 Å². The fourth-order valence-electron chi connectivity index (χ4n) is 0.858. The predicted molar refractivity (Wildman–Crippen MR) is 40.9 cm³/mol. The zero-order chi connectivity index (χ0) is 7.68. The van der Waals surface area contributed by atoms with Crippen LogP contribution in [0.1, 0.15) is 0 Å². The van der Waals surface area contributed by atoms with Gasteiger partial charge in [-0.2, -0.15) is 0 Å². The van der Waals surface area contributed by atoms with E-state index in [0.29, 0.717) is 0 Å². The van der Waals surface area contributed by atoms with Crippen molar-refractivity contribution in [2.45, 2.75) is 0 Å². The molecule has 0 aromatic rings. The molecule has 2 N–H and O–H groups in total. The van der Waals surface area contributed by atoms with Crippen molar-refractivity contribution in [1.82, 2.24) is 21.1 Å². The summed E-state index contributed by atoms with van der Waals surface area (Å²) < 4.78 is 0. The summed E-state index contributed by atoms with van der Waals surface area (Å²) in [6.45, 7) is 0. The van der Waals surface area contributed by atoms with Crippen molar-refractivity contribution < 1.29 is 0 Å². The van der Waals surface area contributed by atoms with Gasteiger partial charge in [0.15, 0.2) is 5.82 Å². The Morgan fingerprint density at radius 1 is 1.64 bits per heavy atom. The average Bonchev–Trinajstić information content (AvgIpc) is 2.46. The molecule has 2 aliphatic rings. The third-order valence-electron chi connectivity index (χ3n) is 1.39. The van der Waals surface area contributed by atoms with Crippen molar-refractivity contribution in [3.05, 3.63) is 12.0 Å². The fourth-order valence-corrected chi connectivity index (χ4v) is 0.858. The Labute approximate surface area is 63.8 Å². The van der Waals surface area contributed by atoms with E-state index in [-0.39, 0.29) is 0 Å². The minimum absolute atomic E-state index is 0.814. The van der Waals surface area contributed by atoms with Gasteiger partial charge in [-0.15, -0.1) is 5.53 Å². The highest BCUT2D eigenvalue weighted by atomic mass is 15.9. The summed E-state index contributed by atoms with van der Waals surface area (Å²) in [7, 11) is 1.81. The first-order valence-corrected chi connectivity index (χ1v) is 3.20. The third kappa shape index (κ3) is 0.975. The minimum atomic E-state index is 0.814. The molecule has 58 valence electrons. The monoisotopic (exact) mass is 152 g/mol. The van der Waals surface area contributed by atoms with Gasteiger partial charge in [0.25, 0.3) is 0 Å². The van der Waals surface area contributed by atoms with Gasteiger partial charge in [-0.3, -0.25) is 0 Å². The van der Waals surface area contributed by atoms with E-state index in [1.54, 1.807) is 16.5 Å². The Hall–Kier alpha value is -1.40. The molecule has 11 heavy (non-hydrogen) atoms. The fraction of sp³-hybridized carbons (Fsp3) is 0.200. The molecule has 6 nitrogen and oxygen atoms in total. The lowest BCUT2D eigenvalue weighted by Crippen LogP contribution is -2.45. The second kappa shape index (κ2) is 2.33. The normalized spacial score (nSPS) is 20.6. The van der Waals surface area contributed by atoms with Gasteiger partial charge in [-0.25, -0.2) is 25.5 Å². The minimum Gasteiger partial charge on any atom is -0.228 e. The Balaban J connectivity index is 2.19. The first-order valence-electron chi connectivity index (χ1n) is 3.20. The van der Waals surface area contributed by atoms with Crippen LogP contribution in [0.3, 0.4) is 0 Å². The maximum absolute atomic E-state index is 4.01. The lowest BCUT2D eigenvalue weighted by molar-refractivity contribution is 0.146. The predicted octanol–water partition coefficient (Wildman–Crippen LogP) is -0.973. The Morgan fingerprint density at radius 2 is 2.55 bits per heavy atom. The summed E-state index contributed by atoms with van der Waals surface area (Å²) in [6, 6.07) is 0. The van der Waals surface area contributed by atoms with Gasteiger partial charge in [0.05, 0.1) is 6.20 Å². The summed E-state index contributed by atoms with van der Waals surface area (Å²) in [5, 5.41) is 3.39. The number of nitrogens with one attached hydrogen (secondary N) is 2. The van der Waals surface area contributed by atoms with Gasteiger partial charge in [-0.05, 0) is 0 Å². The lowest BCUT2D eigenvalue weighted by atomic mass is 10.7. The van der Waals surface area contributed by atoms with E-state index < -0.39 is 0 Å². The smallest absolute Gasteiger partial charge is 0.170 e. The van der Waals surface area contributed by atoms with Gasteiger partial charge in [-0.1, -0.05) is 0 Å². The molecule has 0 fully saturated rings. The second-order valence-electron chi connectivity index (χ2n) is 2.06. The number of rotatable bonds is 1. The summed E-state index contributed by atoms with van der Waals surface area (Å²) >= 11 is 0. The molecule has 0 aromatic heterocycles. The van der Waals surface area contributed by atoms with Crippen LogP contribution < -0.4 is 11.0 Å². The van der Waals surface area contributed by atoms with E-state index in [1.165, 1.54) is 6.34 Å². The Morgan fingerprint density at radius 3 is 3.27 bits per heavy atom. The number of aliphatic imine (C=N–C) groups is 2. The molecule has 0 unspecified atom stereocenters. The Bertz CT molecular complexity index is 241. The molecule has 0 saturated heterocycles.